The first-order valence-electron chi connectivity index (χ1n) is 14.7. The van der Waals surface area contributed by atoms with E-state index in [0.29, 0.717) is 55.5 Å². The maximum atomic E-state index is 14.0. The summed E-state index contributed by atoms with van der Waals surface area (Å²) in [6, 6.07) is 8.12. The summed E-state index contributed by atoms with van der Waals surface area (Å²) in [7, 11) is 3.05. The average Bonchev–Trinajstić information content (AvgIpc) is 2.94. The lowest BCUT2D eigenvalue weighted by Gasteiger charge is -2.49. The van der Waals surface area contributed by atoms with Gasteiger partial charge in [-0.25, -0.2) is 0 Å². The molecule has 45 heavy (non-hydrogen) atoms. The predicted molar refractivity (Wildman–Crippen MR) is 164 cm³/mol. The van der Waals surface area contributed by atoms with Gasteiger partial charge >= 0.3 is 5.69 Å². The third-order valence-electron chi connectivity index (χ3n) is 8.63. The van der Waals surface area contributed by atoms with Crippen molar-refractivity contribution in [2.75, 3.05) is 27.4 Å². The van der Waals surface area contributed by atoms with Crippen LogP contribution in [0.3, 0.4) is 0 Å². The number of non-ortho nitro benzene ring substituents is 1. The van der Waals surface area contributed by atoms with Gasteiger partial charge in [0.15, 0.2) is 23.1 Å². The van der Waals surface area contributed by atoms with Crippen molar-refractivity contribution in [3.63, 3.8) is 0 Å². The number of nitro groups is 2. The van der Waals surface area contributed by atoms with Crippen LogP contribution in [0.1, 0.15) is 64.9 Å². The number of carbonyl (C=O) groups is 2. The molecule has 0 amide bonds. The number of ketones is 2. The first-order chi connectivity index (χ1) is 21.2. The van der Waals surface area contributed by atoms with Gasteiger partial charge in [0.1, 0.15) is 0 Å². The Morgan fingerprint density at radius 2 is 1.38 bits per heavy atom. The molecule has 1 heterocycles. The highest BCUT2D eigenvalue weighted by Crippen LogP contribution is 2.55. The van der Waals surface area contributed by atoms with Crippen molar-refractivity contribution in [1.29, 1.82) is 0 Å². The number of hydrogen-bond acceptors (Lipinski definition) is 10. The van der Waals surface area contributed by atoms with E-state index in [1.165, 1.54) is 13.2 Å². The van der Waals surface area contributed by atoms with Crippen molar-refractivity contribution in [2.45, 2.75) is 59.3 Å². The molecule has 3 aliphatic rings. The third kappa shape index (κ3) is 6.06. The van der Waals surface area contributed by atoms with Crippen molar-refractivity contribution in [3.8, 4) is 17.2 Å². The topological polar surface area (TPSA) is 151 Å². The molecule has 0 radical (unpaired) electrons. The summed E-state index contributed by atoms with van der Waals surface area (Å²) in [6.45, 7) is 9.23. The normalized spacial score (nSPS) is 19.3. The number of ether oxygens (including phenoxy) is 3. The summed E-state index contributed by atoms with van der Waals surface area (Å²) in [4.78, 5) is 51.5. The molecule has 2 aromatic carbocycles. The van der Waals surface area contributed by atoms with Gasteiger partial charge in [-0.2, -0.15) is 0 Å². The third-order valence-corrected chi connectivity index (χ3v) is 8.63. The predicted octanol–water partition coefficient (Wildman–Crippen LogP) is 6.64. The summed E-state index contributed by atoms with van der Waals surface area (Å²) in [5.74, 6) is -0.507. The van der Waals surface area contributed by atoms with Gasteiger partial charge in [-0.05, 0) is 47.4 Å². The van der Waals surface area contributed by atoms with Crippen LogP contribution in [0.25, 0.3) is 0 Å². The zero-order chi connectivity index (χ0) is 32.8. The monoisotopic (exact) mass is 619 g/mol. The molecule has 0 aromatic heterocycles. The zero-order valence-electron chi connectivity index (χ0n) is 26.3. The summed E-state index contributed by atoms with van der Waals surface area (Å²) in [5.41, 5.74) is 2.10. The lowest BCUT2D eigenvalue weighted by atomic mass is 9.63. The Morgan fingerprint density at radius 1 is 0.800 bits per heavy atom. The first-order valence-corrected chi connectivity index (χ1v) is 14.7. The Bertz CT molecular complexity index is 1620. The standard InChI is InChI=1S/C33H37N3O9/c1-32(2)15-22-30(24(37)17-32)29(31-23(34(22)11-12-43-5)16-33(3,4)18-25(31)38)19-7-9-27(28(13-19)44-6)45-26-10-8-20(35(39)40)14-21(26)36(41)42/h7-10,13-14,29H,11-12,15-18H2,1-6H3. The van der Waals surface area contributed by atoms with Crippen molar-refractivity contribution in [2.24, 2.45) is 10.8 Å². The van der Waals surface area contributed by atoms with Crippen LogP contribution in [0.2, 0.25) is 0 Å². The Balaban J connectivity index is 1.65. The van der Waals surface area contributed by atoms with E-state index in [-0.39, 0.29) is 39.6 Å². The van der Waals surface area contributed by atoms with Crippen LogP contribution < -0.4 is 9.47 Å². The first kappa shape index (κ1) is 31.8. The maximum Gasteiger partial charge on any atom is 0.318 e. The smallest absolute Gasteiger partial charge is 0.318 e. The van der Waals surface area contributed by atoms with E-state index in [1.807, 2.05) is 0 Å². The highest BCUT2D eigenvalue weighted by molar-refractivity contribution is 6.06. The van der Waals surface area contributed by atoms with Gasteiger partial charge in [-0.15, -0.1) is 0 Å². The summed E-state index contributed by atoms with van der Waals surface area (Å²) >= 11 is 0. The molecule has 0 saturated heterocycles. The van der Waals surface area contributed by atoms with E-state index >= 15 is 0 Å². The molecule has 0 saturated carbocycles. The molecule has 12 nitrogen and oxygen atoms in total. The lowest BCUT2D eigenvalue weighted by Crippen LogP contribution is -2.45. The number of benzene rings is 2. The van der Waals surface area contributed by atoms with Crippen LogP contribution in [0.15, 0.2) is 58.9 Å². The molecular weight excluding hydrogens is 582 g/mol. The van der Waals surface area contributed by atoms with Crippen LogP contribution in [0.5, 0.6) is 17.2 Å². The number of rotatable bonds is 9. The van der Waals surface area contributed by atoms with Crippen LogP contribution >= 0.6 is 0 Å². The molecule has 0 N–H and O–H groups in total. The Hall–Kier alpha value is -4.58. The number of nitro benzene ring substituents is 2. The molecule has 0 spiro atoms. The highest BCUT2D eigenvalue weighted by Gasteiger charge is 2.49. The van der Waals surface area contributed by atoms with Crippen LogP contribution in [-0.4, -0.2) is 53.7 Å². The van der Waals surface area contributed by atoms with Crippen molar-refractivity contribution < 1.29 is 33.6 Å². The quantitative estimate of drug-likeness (QED) is 0.221. The maximum absolute atomic E-state index is 14.0. The SMILES string of the molecule is COCCN1C2=C(C(=O)CC(C)(C)C2)C(c2ccc(Oc3ccc([N+](=O)[O-])cc3[N+](=O)[O-])c(OC)c2)C2=C1CC(C)(C)CC2=O. The molecule has 0 unspecified atom stereocenters. The molecule has 0 atom stereocenters. The fraction of sp³-hybridized carbons (Fsp3) is 0.455. The second-order valence-corrected chi connectivity index (χ2v) is 13.4. The van der Waals surface area contributed by atoms with Gasteiger partial charge in [-0.3, -0.25) is 29.8 Å². The molecule has 0 fully saturated rings. The van der Waals surface area contributed by atoms with E-state index in [1.54, 1.807) is 25.3 Å². The van der Waals surface area contributed by atoms with Gasteiger partial charge in [0.25, 0.3) is 5.69 Å². The molecule has 2 aromatic rings. The Labute approximate surface area is 260 Å². The highest BCUT2D eigenvalue weighted by atomic mass is 16.6. The summed E-state index contributed by atoms with van der Waals surface area (Å²) in [6.07, 6.45) is 1.99. The molecule has 238 valence electrons. The van der Waals surface area contributed by atoms with Gasteiger partial charge < -0.3 is 19.1 Å². The zero-order valence-corrected chi connectivity index (χ0v) is 26.3. The fourth-order valence-electron chi connectivity index (χ4n) is 6.75. The van der Waals surface area contributed by atoms with E-state index < -0.39 is 27.1 Å². The Kier molecular flexibility index (Phi) is 8.30. The number of Topliss-reactive ketones (excluding diaryl/α,β-unsaturated/α-hetero) is 2. The molecule has 2 aliphatic carbocycles. The van der Waals surface area contributed by atoms with Gasteiger partial charge in [0.2, 0.25) is 5.75 Å². The molecular formula is C33H37N3O9. The number of nitrogens with zero attached hydrogens (tertiary/aromatic N) is 3. The second kappa shape index (κ2) is 11.7. The van der Waals surface area contributed by atoms with E-state index in [2.05, 4.69) is 32.6 Å². The van der Waals surface area contributed by atoms with Crippen molar-refractivity contribution >= 4 is 22.9 Å². The van der Waals surface area contributed by atoms with E-state index in [4.69, 9.17) is 14.2 Å². The van der Waals surface area contributed by atoms with Crippen molar-refractivity contribution in [3.05, 3.63) is 84.7 Å². The lowest BCUT2D eigenvalue weighted by molar-refractivity contribution is -0.394. The van der Waals surface area contributed by atoms with Crippen molar-refractivity contribution in [1.82, 2.24) is 4.90 Å². The number of allylic oxidation sites excluding steroid dienone is 4. The largest absolute Gasteiger partial charge is 0.493 e. The minimum Gasteiger partial charge on any atom is -0.493 e. The average molecular weight is 620 g/mol. The molecule has 1 aliphatic heterocycles. The minimum atomic E-state index is -0.755. The minimum absolute atomic E-state index is 0.0151. The van der Waals surface area contributed by atoms with Gasteiger partial charge in [-0.1, -0.05) is 33.8 Å². The van der Waals surface area contributed by atoms with Gasteiger partial charge in [0, 0.05) is 61.0 Å². The number of hydrogen-bond donors (Lipinski definition) is 0. The van der Waals surface area contributed by atoms with E-state index in [9.17, 15) is 29.8 Å². The van der Waals surface area contributed by atoms with Crippen LogP contribution in [0.4, 0.5) is 11.4 Å². The summed E-state index contributed by atoms with van der Waals surface area (Å²) in [5, 5.41) is 22.9. The molecule has 5 rings (SSSR count). The Morgan fingerprint density at radius 3 is 1.89 bits per heavy atom. The molecule has 0 bridgehead atoms. The number of carbonyl (C=O) groups excluding carboxylic acids is 2. The summed E-state index contributed by atoms with van der Waals surface area (Å²) < 4.78 is 17.0. The van der Waals surface area contributed by atoms with E-state index in [0.717, 1.165) is 23.5 Å². The molecule has 12 heteroatoms. The van der Waals surface area contributed by atoms with Gasteiger partial charge in [0.05, 0.1) is 29.6 Å². The fourth-order valence-corrected chi connectivity index (χ4v) is 6.75. The number of methoxy groups -OCH3 is 2. The van der Waals surface area contributed by atoms with Crippen LogP contribution in [0, 0.1) is 31.1 Å². The second-order valence-electron chi connectivity index (χ2n) is 13.4. The van der Waals surface area contributed by atoms with Crippen LogP contribution in [-0.2, 0) is 14.3 Å².